The van der Waals surface area contributed by atoms with Gasteiger partial charge in [-0.1, -0.05) is 32.3 Å². The maximum atomic E-state index is 12.5. The van der Waals surface area contributed by atoms with Crippen molar-refractivity contribution in [2.45, 2.75) is 71.5 Å². The summed E-state index contributed by atoms with van der Waals surface area (Å²) < 4.78 is 10.2. The van der Waals surface area contributed by atoms with Crippen LogP contribution in [0.2, 0.25) is 0 Å². The standard InChI is InChI=1S/C20H34O6/c1-5-9-10-11-16(21)14(6-2)15-12-20(13-17(15)22,18(23)25-7-3)19(24)26-8-4/h6,14-17,21-22H,2,5,7-13H2,1,3-4H3/t14-,15+,16-,17+/m0/s1. The van der Waals surface area contributed by atoms with Gasteiger partial charge < -0.3 is 19.7 Å². The molecule has 0 aromatic carbocycles. The van der Waals surface area contributed by atoms with Gasteiger partial charge in [-0.2, -0.15) is 0 Å². The SMILES string of the molecule is C=C[C@@H]([C@H]1CC(C(=O)OCC)(C(=O)OCC)C[C@H]1O)[C@@H](O)CCCCC. The Morgan fingerprint density at radius 3 is 2.19 bits per heavy atom. The van der Waals surface area contributed by atoms with Crippen LogP contribution in [0.25, 0.3) is 0 Å². The van der Waals surface area contributed by atoms with E-state index in [1.54, 1.807) is 19.9 Å². The number of carbonyl (C=O) groups is 2. The summed E-state index contributed by atoms with van der Waals surface area (Å²) in [5.74, 6) is -2.17. The molecule has 6 nitrogen and oxygen atoms in total. The number of carbonyl (C=O) groups excluding carboxylic acids is 2. The fourth-order valence-electron chi connectivity index (χ4n) is 3.89. The summed E-state index contributed by atoms with van der Waals surface area (Å²) >= 11 is 0. The van der Waals surface area contributed by atoms with E-state index >= 15 is 0 Å². The normalized spacial score (nSPS) is 23.9. The molecule has 0 aromatic heterocycles. The molecule has 0 spiro atoms. The first-order valence-corrected chi connectivity index (χ1v) is 9.70. The Labute approximate surface area is 156 Å². The van der Waals surface area contributed by atoms with E-state index in [9.17, 15) is 19.8 Å². The minimum Gasteiger partial charge on any atom is -0.465 e. The summed E-state index contributed by atoms with van der Waals surface area (Å²) in [6.07, 6.45) is 3.62. The molecule has 1 fully saturated rings. The lowest BCUT2D eigenvalue weighted by molar-refractivity contribution is -0.172. The molecule has 0 amide bonds. The molecule has 1 aliphatic rings. The highest BCUT2D eigenvalue weighted by molar-refractivity contribution is 6.00. The van der Waals surface area contributed by atoms with E-state index in [4.69, 9.17) is 9.47 Å². The van der Waals surface area contributed by atoms with Crippen LogP contribution in [-0.4, -0.2) is 47.6 Å². The molecular weight excluding hydrogens is 336 g/mol. The highest BCUT2D eigenvalue weighted by Crippen LogP contribution is 2.48. The van der Waals surface area contributed by atoms with Crippen LogP contribution in [0.1, 0.15) is 59.3 Å². The number of ether oxygens (including phenoxy) is 2. The van der Waals surface area contributed by atoms with Gasteiger partial charge in [0.2, 0.25) is 0 Å². The molecule has 1 rings (SSSR count). The molecule has 26 heavy (non-hydrogen) atoms. The largest absolute Gasteiger partial charge is 0.465 e. The third-order valence-corrected chi connectivity index (χ3v) is 5.28. The first-order chi connectivity index (χ1) is 12.4. The van der Waals surface area contributed by atoms with Gasteiger partial charge in [0.15, 0.2) is 5.41 Å². The van der Waals surface area contributed by atoms with Crippen molar-refractivity contribution in [1.29, 1.82) is 0 Å². The van der Waals surface area contributed by atoms with Gasteiger partial charge in [-0.3, -0.25) is 9.59 Å². The first kappa shape index (κ1) is 22.6. The molecule has 0 saturated heterocycles. The van der Waals surface area contributed by atoms with Gasteiger partial charge in [0.05, 0.1) is 25.4 Å². The van der Waals surface area contributed by atoms with Crippen LogP contribution < -0.4 is 0 Å². The van der Waals surface area contributed by atoms with Crippen LogP contribution in [0.15, 0.2) is 12.7 Å². The molecule has 150 valence electrons. The molecule has 4 atom stereocenters. The van der Waals surface area contributed by atoms with Crippen LogP contribution in [0.5, 0.6) is 0 Å². The fourth-order valence-corrected chi connectivity index (χ4v) is 3.89. The van der Waals surface area contributed by atoms with E-state index in [1.807, 2.05) is 0 Å². The minimum atomic E-state index is -1.51. The van der Waals surface area contributed by atoms with E-state index in [1.165, 1.54) is 0 Å². The smallest absolute Gasteiger partial charge is 0.323 e. The lowest BCUT2D eigenvalue weighted by atomic mass is 9.79. The molecule has 0 aromatic rings. The molecular formula is C20H34O6. The van der Waals surface area contributed by atoms with Crippen LogP contribution in [0.4, 0.5) is 0 Å². The second-order valence-corrected chi connectivity index (χ2v) is 7.04. The van der Waals surface area contributed by atoms with Crippen molar-refractivity contribution in [2.24, 2.45) is 17.3 Å². The maximum Gasteiger partial charge on any atom is 0.323 e. The molecule has 0 heterocycles. The van der Waals surface area contributed by atoms with Gasteiger partial charge in [-0.25, -0.2) is 0 Å². The van der Waals surface area contributed by atoms with Crippen molar-refractivity contribution >= 4 is 11.9 Å². The number of aliphatic hydroxyl groups excluding tert-OH is 2. The first-order valence-electron chi connectivity index (χ1n) is 9.70. The van der Waals surface area contributed by atoms with Crippen molar-refractivity contribution < 1.29 is 29.3 Å². The molecule has 0 unspecified atom stereocenters. The highest BCUT2D eigenvalue weighted by atomic mass is 16.6. The summed E-state index contributed by atoms with van der Waals surface area (Å²) in [6, 6.07) is 0. The summed E-state index contributed by atoms with van der Waals surface area (Å²) in [6.45, 7) is 9.51. The lowest BCUT2D eigenvalue weighted by Crippen LogP contribution is -2.41. The Hall–Kier alpha value is -1.40. The number of esters is 2. The van der Waals surface area contributed by atoms with Gasteiger partial charge in [0.25, 0.3) is 0 Å². The molecule has 0 bridgehead atoms. The van der Waals surface area contributed by atoms with Crippen molar-refractivity contribution in [2.75, 3.05) is 13.2 Å². The van der Waals surface area contributed by atoms with E-state index in [2.05, 4.69) is 13.5 Å². The van der Waals surface area contributed by atoms with Crippen LogP contribution in [0.3, 0.4) is 0 Å². The average molecular weight is 370 g/mol. The van der Waals surface area contributed by atoms with Crippen LogP contribution in [-0.2, 0) is 19.1 Å². The lowest BCUT2D eigenvalue weighted by Gasteiger charge is -2.29. The topological polar surface area (TPSA) is 93.1 Å². The van der Waals surface area contributed by atoms with Gasteiger partial charge >= 0.3 is 11.9 Å². The number of rotatable bonds is 11. The van der Waals surface area contributed by atoms with Gasteiger partial charge in [-0.05, 0) is 32.6 Å². The quantitative estimate of drug-likeness (QED) is 0.251. The zero-order valence-corrected chi connectivity index (χ0v) is 16.3. The van der Waals surface area contributed by atoms with Crippen LogP contribution >= 0.6 is 0 Å². The Balaban J connectivity index is 3.01. The predicted octanol–water partition coefficient (Wildman–Crippen LogP) is 2.61. The van der Waals surface area contributed by atoms with E-state index in [0.717, 1.165) is 19.3 Å². The molecule has 2 N–H and O–H groups in total. The molecule has 1 aliphatic carbocycles. The number of aliphatic hydroxyl groups is 2. The third kappa shape index (κ3) is 5.07. The molecule has 0 radical (unpaired) electrons. The molecule has 0 aliphatic heterocycles. The van der Waals surface area contributed by atoms with Crippen molar-refractivity contribution in [1.82, 2.24) is 0 Å². The number of unbranched alkanes of at least 4 members (excludes halogenated alkanes) is 2. The second kappa shape index (κ2) is 10.7. The second-order valence-electron chi connectivity index (χ2n) is 7.04. The summed E-state index contributed by atoms with van der Waals surface area (Å²) in [4.78, 5) is 25.1. The van der Waals surface area contributed by atoms with E-state index < -0.39 is 41.4 Å². The van der Waals surface area contributed by atoms with Crippen molar-refractivity contribution in [3.8, 4) is 0 Å². The molecule has 1 saturated carbocycles. The Kier molecular flexibility index (Phi) is 9.30. The number of hydrogen-bond acceptors (Lipinski definition) is 6. The van der Waals surface area contributed by atoms with Crippen molar-refractivity contribution in [3.05, 3.63) is 12.7 Å². The third-order valence-electron chi connectivity index (χ3n) is 5.28. The van der Waals surface area contributed by atoms with Gasteiger partial charge in [0.1, 0.15) is 0 Å². The Morgan fingerprint density at radius 2 is 1.73 bits per heavy atom. The van der Waals surface area contributed by atoms with E-state index in [-0.39, 0.29) is 26.1 Å². The highest BCUT2D eigenvalue weighted by Gasteiger charge is 2.58. The summed E-state index contributed by atoms with van der Waals surface area (Å²) in [5.41, 5.74) is -1.51. The Morgan fingerprint density at radius 1 is 1.15 bits per heavy atom. The van der Waals surface area contributed by atoms with Gasteiger partial charge in [-0.15, -0.1) is 6.58 Å². The average Bonchev–Trinajstić information content (AvgIpc) is 2.95. The fraction of sp³-hybridized carbons (Fsp3) is 0.800. The Bertz CT molecular complexity index is 457. The predicted molar refractivity (Wildman–Crippen MR) is 98.3 cm³/mol. The monoisotopic (exact) mass is 370 g/mol. The van der Waals surface area contributed by atoms with Crippen molar-refractivity contribution in [3.63, 3.8) is 0 Å². The molecule has 6 heteroatoms. The summed E-state index contributed by atoms with van der Waals surface area (Å²) in [7, 11) is 0. The summed E-state index contributed by atoms with van der Waals surface area (Å²) in [5, 5.41) is 21.2. The minimum absolute atomic E-state index is 0.0542. The maximum absolute atomic E-state index is 12.5. The van der Waals surface area contributed by atoms with Gasteiger partial charge in [0, 0.05) is 12.3 Å². The van der Waals surface area contributed by atoms with E-state index in [0.29, 0.717) is 6.42 Å². The zero-order chi connectivity index (χ0) is 19.7. The van der Waals surface area contributed by atoms with Crippen LogP contribution in [0, 0.1) is 17.3 Å². The zero-order valence-electron chi connectivity index (χ0n) is 16.3. The number of hydrogen-bond donors (Lipinski definition) is 2.